The lowest BCUT2D eigenvalue weighted by Gasteiger charge is -2.39. The van der Waals surface area contributed by atoms with E-state index in [-0.39, 0.29) is 27.6 Å². The van der Waals surface area contributed by atoms with Crippen LogP contribution >= 0.6 is 0 Å². The zero-order chi connectivity index (χ0) is 41.9. The summed E-state index contributed by atoms with van der Waals surface area (Å²) < 4.78 is 23.9. The van der Waals surface area contributed by atoms with Gasteiger partial charge in [0.15, 0.2) is 5.82 Å². The van der Waals surface area contributed by atoms with Crippen molar-refractivity contribution in [1.82, 2.24) is 24.0 Å². The quantitative estimate of drug-likeness (QED) is 0.0898. The summed E-state index contributed by atoms with van der Waals surface area (Å²) in [5, 5.41) is 14.3. The number of aliphatic hydroxyl groups excluding tert-OH is 1. The maximum atomic E-state index is 15.4. The second-order valence-electron chi connectivity index (χ2n) is 18.1. The van der Waals surface area contributed by atoms with Gasteiger partial charge in [-0.05, 0) is 103 Å². The van der Waals surface area contributed by atoms with Gasteiger partial charge in [0.2, 0.25) is 0 Å². The normalized spacial score (nSPS) is 15.3. The first-order valence-corrected chi connectivity index (χ1v) is 21.2. The molecule has 314 valence electrons. The lowest BCUT2D eigenvalue weighted by atomic mass is 9.72. The van der Waals surface area contributed by atoms with E-state index in [9.17, 15) is 14.7 Å². The third kappa shape index (κ3) is 9.94. The number of rotatable bonds is 17. The number of piperazine rings is 1. The highest BCUT2D eigenvalue weighted by molar-refractivity contribution is 5.84. The average Bonchev–Trinajstić information content (AvgIpc) is 4.06. The minimum Gasteiger partial charge on any atom is -0.392 e. The molecule has 0 unspecified atom stereocenters. The standard InChI is InChI=1S/C47H60FN7O4/c1-7-24-59-25-17-47(4,5)31-46(2,3)16-19-53-20-22-54(23-21-53)35-13-14-41(49-28-35)51-43-45(58)52(6)29-39(50-43)36-9-8-10-40(37(36)30-56)55-18-15-33-26-34(32-11-12-32)27-38(48)42(33)44(55)57/h8-10,13-15,18,26-29,32,56H,7,11-12,16-17,19-25,30-31H2,1-6H3,(H,49,50,51). The van der Waals surface area contributed by atoms with E-state index < -0.39 is 18.0 Å². The van der Waals surface area contributed by atoms with Crippen LogP contribution in [0.2, 0.25) is 0 Å². The zero-order valence-electron chi connectivity index (χ0n) is 35.6. The molecule has 1 aliphatic heterocycles. The number of benzene rings is 2. The van der Waals surface area contributed by atoms with E-state index in [0.717, 1.165) is 89.3 Å². The Morgan fingerprint density at radius 3 is 2.41 bits per heavy atom. The summed E-state index contributed by atoms with van der Waals surface area (Å²) in [4.78, 5) is 41.3. The van der Waals surface area contributed by atoms with E-state index in [1.165, 1.54) is 21.6 Å². The van der Waals surface area contributed by atoms with Gasteiger partial charge < -0.3 is 24.6 Å². The first kappa shape index (κ1) is 42.2. The van der Waals surface area contributed by atoms with Crippen LogP contribution in [0.5, 0.6) is 0 Å². The predicted molar refractivity (Wildman–Crippen MR) is 235 cm³/mol. The molecule has 12 heteroatoms. The second kappa shape index (κ2) is 17.7. The highest BCUT2D eigenvalue weighted by Crippen LogP contribution is 2.41. The molecule has 0 spiro atoms. The van der Waals surface area contributed by atoms with Crippen LogP contribution in [0.25, 0.3) is 27.7 Å². The summed E-state index contributed by atoms with van der Waals surface area (Å²) in [7, 11) is 1.64. The van der Waals surface area contributed by atoms with Crippen molar-refractivity contribution in [2.45, 2.75) is 85.7 Å². The Kier molecular flexibility index (Phi) is 12.7. The number of aliphatic hydroxyl groups is 1. The molecule has 1 aliphatic carbocycles. The Labute approximate surface area is 346 Å². The number of halogens is 1. The van der Waals surface area contributed by atoms with E-state index in [0.29, 0.717) is 39.6 Å². The number of aromatic nitrogens is 4. The molecule has 0 radical (unpaired) electrons. The number of anilines is 3. The van der Waals surface area contributed by atoms with Crippen LogP contribution in [0.4, 0.5) is 21.7 Å². The van der Waals surface area contributed by atoms with Gasteiger partial charge in [-0.25, -0.2) is 14.4 Å². The Hall–Kier alpha value is -4.91. The minimum absolute atomic E-state index is 0.00762. The van der Waals surface area contributed by atoms with Crippen LogP contribution in [0.3, 0.4) is 0 Å². The second-order valence-corrected chi connectivity index (χ2v) is 18.1. The predicted octanol–water partition coefficient (Wildman–Crippen LogP) is 8.17. The molecule has 2 aliphatic rings. The van der Waals surface area contributed by atoms with Gasteiger partial charge in [-0.1, -0.05) is 52.8 Å². The lowest BCUT2D eigenvalue weighted by Crippen LogP contribution is -2.47. The van der Waals surface area contributed by atoms with Crippen molar-refractivity contribution >= 4 is 28.1 Å². The van der Waals surface area contributed by atoms with Gasteiger partial charge in [0.1, 0.15) is 11.6 Å². The molecule has 1 saturated heterocycles. The lowest BCUT2D eigenvalue weighted by molar-refractivity contribution is 0.0798. The van der Waals surface area contributed by atoms with Crippen molar-refractivity contribution < 1.29 is 14.2 Å². The van der Waals surface area contributed by atoms with Gasteiger partial charge in [-0.3, -0.25) is 19.1 Å². The first-order chi connectivity index (χ1) is 28.3. The minimum atomic E-state index is -0.546. The van der Waals surface area contributed by atoms with Crippen LogP contribution < -0.4 is 21.3 Å². The third-order valence-electron chi connectivity index (χ3n) is 12.0. The topological polar surface area (TPSA) is 118 Å². The van der Waals surface area contributed by atoms with Crippen LogP contribution in [-0.4, -0.2) is 75.0 Å². The molecule has 2 aromatic carbocycles. The van der Waals surface area contributed by atoms with Crippen LogP contribution in [0.15, 0.2) is 76.7 Å². The monoisotopic (exact) mass is 805 g/mol. The van der Waals surface area contributed by atoms with Crippen molar-refractivity contribution in [2.75, 3.05) is 56.2 Å². The largest absolute Gasteiger partial charge is 0.392 e. The number of fused-ring (bicyclic) bond motifs is 1. The molecular weight excluding hydrogens is 746 g/mol. The summed E-state index contributed by atoms with van der Waals surface area (Å²) in [6.07, 6.45) is 11.6. The van der Waals surface area contributed by atoms with Crippen molar-refractivity contribution in [3.05, 3.63) is 105 Å². The summed E-state index contributed by atoms with van der Waals surface area (Å²) in [5.41, 5.74) is 3.33. The molecule has 3 aromatic heterocycles. The molecule has 2 fully saturated rings. The van der Waals surface area contributed by atoms with E-state index >= 15 is 4.39 Å². The number of hydrogen-bond acceptors (Lipinski definition) is 9. The molecular formula is C47H60FN7O4. The maximum Gasteiger partial charge on any atom is 0.293 e. The van der Waals surface area contributed by atoms with Crippen LogP contribution in [0.1, 0.15) is 90.2 Å². The Bertz CT molecular complexity index is 2380. The fourth-order valence-corrected chi connectivity index (χ4v) is 8.74. The molecule has 0 bridgehead atoms. The molecule has 7 rings (SSSR count). The molecule has 11 nitrogen and oxygen atoms in total. The molecule has 4 heterocycles. The van der Waals surface area contributed by atoms with E-state index in [1.807, 2.05) is 24.4 Å². The van der Waals surface area contributed by atoms with Gasteiger partial charge in [0.25, 0.3) is 11.1 Å². The van der Waals surface area contributed by atoms with Gasteiger partial charge >= 0.3 is 0 Å². The highest BCUT2D eigenvalue weighted by atomic mass is 19.1. The maximum absolute atomic E-state index is 15.4. The fraction of sp³-hybridized carbons (Fsp3) is 0.489. The van der Waals surface area contributed by atoms with Gasteiger partial charge in [0, 0.05) is 70.0 Å². The van der Waals surface area contributed by atoms with Crippen molar-refractivity contribution in [1.29, 1.82) is 0 Å². The first-order valence-electron chi connectivity index (χ1n) is 21.2. The summed E-state index contributed by atoms with van der Waals surface area (Å²) in [5.74, 6) is 0.348. The van der Waals surface area contributed by atoms with E-state index in [2.05, 4.69) is 54.7 Å². The number of hydrogen-bond donors (Lipinski definition) is 2. The summed E-state index contributed by atoms with van der Waals surface area (Å²) >= 11 is 0. The molecule has 1 saturated carbocycles. The SMILES string of the molecule is CCCOCCC(C)(C)CC(C)(C)CCN1CCN(c2ccc(Nc3nc(-c4cccc(-n5ccc6cc(C7CC7)cc(F)c6c5=O)c4CO)cn(C)c3=O)nc2)CC1. The van der Waals surface area contributed by atoms with E-state index in [4.69, 9.17) is 9.72 Å². The molecule has 2 N–H and O–H groups in total. The number of aryl methyl sites for hydroxylation is 1. The third-order valence-corrected chi connectivity index (χ3v) is 12.0. The number of nitrogens with zero attached hydrogens (tertiary/aromatic N) is 6. The van der Waals surface area contributed by atoms with Crippen molar-refractivity contribution in [3.8, 4) is 16.9 Å². The summed E-state index contributed by atoms with van der Waals surface area (Å²) in [6, 6.07) is 14.2. The Morgan fingerprint density at radius 2 is 1.71 bits per heavy atom. The van der Waals surface area contributed by atoms with E-state index in [1.54, 1.807) is 43.7 Å². The molecule has 0 amide bonds. The van der Waals surface area contributed by atoms with Crippen molar-refractivity contribution in [2.24, 2.45) is 17.9 Å². The highest BCUT2D eigenvalue weighted by Gasteiger charge is 2.30. The van der Waals surface area contributed by atoms with Gasteiger partial charge in [-0.2, -0.15) is 0 Å². The van der Waals surface area contributed by atoms with Gasteiger partial charge in [0.05, 0.1) is 35.3 Å². The molecule has 0 atom stereocenters. The molecule has 5 aromatic rings. The van der Waals surface area contributed by atoms with Crippen LogP contribution in [-0.2, 0) is 18.4 Å². The zero-order valence-corrected chi connectivity index (χ0v) is 35.6. The smallest absolute Gasteiger partial charge is 0.293 e. The van der Waals surface area contributed by atoms with Crippen LogP contribution in [0, 0.1) is 16.6 Å². The Morgan fingerprint density at radius 1 is 0.949 bits per heavy atom. The Balaban J connectivity index is 1.01. The van der Waals surface area contributed by atoms with Gasteiger partial charge in [-0.15, -0.1) is 0 Å². The number of pyridine rings is 2. The summed E-state index contributed by atoms with van der Waals surface area (Å²) in [6.45, 7) is 17.8. The number of nitrogens with one attached hydrogen (secondary N) is 1. The van der Waals surface area contributed by atoms with Crippen molar-refractivity contribution in [3.63, 3.8) is 0 Å². The average molecular weight is 806 g/mol. The number of ether oxygens (including phenoxy) is 1. The molecule has 59 heavy (non-hydrogen) atoms. The fourth-order valence-electron chi connectivity index (χ4n) is 8.74.